The minimum Gasteiger partial charge on any atom is -0.339 e. The monoisotopic (exact) mass is 351 g/mol. The number of hydrazine groups is 1. The molecule has 0 aromatic heterocycles. The van der Waals surface area contributed by atoms with Crippen LogP contribution in [0.5, 0.6) is 0 Å². The van der Waals surface area contributed by atoms with E-state index in [0.29, 0.717) is 6.04 Å². The molecule has 3 unspecified atom stereocenters. The van der Waals surface area contributed by atoms with Crippen molar-refractivity contribution in [3.8, 4) is 0 Å². The number of nitrogens with one attached hydrogen (secondary N) is 2. The van der Waals surface area contributed by atoms with E-state index in [9.17, 15) is 4.79 Å². The third-order valence-electron chi connectivity index (χ3n) is 4.56. The Balaban J connectivity index is 1.63. The highest BCUT2D eigenvalue weighted by molar-refractivity contribution is 9.10. The Morgan fingerprint density at radius 1 is 1.24 bits per heavy atom. The summed E-state index contributed by atoms with van der Waals surface area (Å²) in [6.07, 6.45) is 4.31. The van der Waals surface area contributed by atoms with Crippen LogP contribution >= 0.6 is 15.9 Å². The molecule has 0 aliphatic carbocycles. The van der Waals surface area contributed by atoms with E-state index >= 15 is 0 Å². The number of amides is 1. The third kappa shape index (κ3) is 3.30. The maximum Gasteiger partial charge on any atom is 0.241 e. The second-order valence-electron chi connectivity index (χ2n) is 6.06. The maximum atomic E-state index is 12.7. The second kappa shape index (κ2) is 6.46. The van der Waals surface area contributed by atoms with Crippen LogP contribution in [0.2, 0.25) is 0 Å². The fourth-order valence-corrected chi connectivity index (χ4v) is 3.52. The minimum absolute atomic E-state index is 0.112. The van der Waals surface area contributed by atoms with Gasteiger partial charge in [-0.05, 0) is 50.3 Å². The topological polar surface area (TPSA) is 44.4 Å². The summed E-state index contributed by atoms with van der Waals surface area (Å²) in [5, 5.41) is 0. The molecule has 0 saturated carbocycles. The molecule has 21 heavy (non-hydrogen) atoms. The Bertz CT molecular complexity index is 505. The lowest BCUT2D eigenvalue weighted by atomic mass is 9.99. The zero-order valence-corrected chi connectivity index (χ0v) is 13.9. The molecule has 2 heterocycles. The van der Waals surface area contributed by atoms with Gasteiger partial charge >= 0.3 is 0 Å². The average molecular weight is 352 g/mol. The standard InChI is InChI=1S/C16H22BrN3O/c1-11-4-2-3-9-20(11)16(21)15-10-14(18-19-15)12-5-7-13(17)8-6-12/h5-8,11,14-15,18-19H,2-4,9-10H2,1H3. The molecule has 1 aromatic rings. The molecule has 0 bridgehead atoms. The van der Waals surface area contributed by atoms with Gasteiger partial charge in [-0.15, -0.1) is 0 Å². The van der Waals surface area contributed by atoms with Crippen LogP contribution in [0.3, 0.4) is 0 Å². The number of carbonyl (C=O) groups is 1. The van der Waals surface area contributed by atoms with E-state index in [1.54, 1.807) is 0 Å². The predicted molar refractivity (Wildman–Crippen MR) is 86.6 cm³/mol. The lowest BCUT2D eigenvalue weighted by Gasteiger charge is -2.35. The van der Waals surface area contributed by atoms with E-state index in [-0.39, 0.29) is 18.0 Å². The number of carbonyl (C=O) groups excluding carboxylic acids is 1. The van der Waals surface area contributed by atoms with Crippen molar-refractivity contribution in [2.24, 2.45) is 0 Å². The van der Waals surface area contributed by atoms with Crippen LogP contribution < -0.4 is 10.9 Å². The molecule has 1 amide bonds. The number of hydrogen-bond donors (Lipinski definition) is 2. The Kier molecular flexibility index (Phi) is 4.62. The number of nitrogens with zero attached hydrogens (tertiary/aromatic N) is 1. The van der Waals surface area contributed by atoms with Crippen LogP contribution in [0.15, 0.2) is 28.7 Å². The summed E-state index contributed by atoms with van der Waals surface area (Å²) in [4.78, 5) is 14.7. The summed E-state index contributed by atoms with van der Waals surface area (Å²) in [5.41, 5.74) is 7.66. The molecule has 114 valence electrons. The quantitative estimate of drug-likeness (QED) is 0.860. The molecular formula is C16H22BrN3O. The summed E-state index contributed by atoms with van der Waals surface area (Å²) in [7, 11) is 0. The molecule has 3 rings (SSSR count). The van der Waals surface area contributed by atoms with Crippen LogP contribution in [0.25, 0.3) is 0 Å². The Labute approximate surface area is 134 Å². The van der Waals surface area contributed by atoms with Crippen molar-refractivity contribution in [3.05, 3.63) is 34.3 Å². The van der Waals surface area contributed by atoms with Gasteiger partial charge in [-0.3, -0.25) is 4.79 Å². The number of piperidine rings is 1. The first-order valence-electron chi connectivity index (χ1n) is 7.72. The Morgan fingerprint density at radius 3 is 2.71 bits per heavy atom. The Morgan fingerprint density at radius 2 is 2.00 bits per heavy atom. The van der Waals surface area contributed by atoms with Gasteiger partial charge in [0.1, 0.15) is 6.04 Å². The summed E-state index contributed by atoms with van der Waals surface area (Å²) in [6, 6.07) is 8.74. The van der Waals surface area contributed by atoms with Crippen molar-refractivity contribution in [1.29, 1.82) is 0 Å². The number of likely N-dealkylation sites (tertiary alicyclic amines) is 1. The minimum atomic E-state index is -0.112. The molecule has 2 aliphatic heterocycles. The van der Waals surface area contributed by atoms with Gasteiger partial charge < -0.3 is 4.90 Å². The molecule has 2 N–H and O–H groups in total. The molecule has 2 fully saturated rings. The molecular weight excluding hydrogens is 330 g/mol. The van der Waals surface area contributed by atoms with Crippen LogP contribution in [0, 0.1) is 0 Å². The highest BCUT2D eigenvalue weighted by Gasteiger charge is 2.35. The fourth-order valence-electron chi connectivity index (χ4n) is 3.26. The zero-order valence-electron chi connectivity index (χ0n) is 12.3. The van der Waals surface area contributed by atoms with Gasteiger partial charge in [0, 0.05) is 23.1 Å². The van der Waals surface area contributed by atoms with Gasteiger partial charge in [-0.2, -0.15) is 0 Å². The number of halogens is 1. The summed E-state index contributed by atoms with van der Waals surface area (Å²) in [5.74, 6) is 0.245. The van der Waals surface area contributed by atoms with Crippen molar-refractivity contribution >= 4 is 21.8 Å². The molecule has 2 saturated heterocycles. The van der Waals surface area contributed by atoms with Crippen molar-refractivity contribution < 1.29 is 4.79 Å². The Hall–Kier alpha value is -0.910. The summed E-state index contributed by atoms with van der Waals surface area (Å²) in [6.45, 7) is 3.06. The number of rotatable bonds is 2. The van der Waals surface area contributed by atoms with Crippen LogP contribution in [0.1, 0.15) is 44.2 Å². The van der Waals surface area contributed by atoms with Crippen molar-refractivity contribution in [3.63, 3.8) is 0 Å². The molecule has 3 atom stereocenters. The maximum absolute atomic E-state index is 12.7. The lowest BCUT2D eigenvalue weighted by molar-refractivity contribution is -0.136. The first kappa shape index (κ1) is 15.0. The third-order valence-corrected chi connectivity index (χ3v) is 5.09. The van der Waals surface area contributed by atoms with Crippen LogP contribution in [-0.2, 0) is 4.79 Å². The predicted octanol–water partition coefficient (Wildman–Crippen LogP) is 2.76. The van der Waals surface area contributed by atoms with Crippen molar-refractivity contribution in [2.75, 3.05) is 6.54 Å². The van der Waals surface area contributed by atoms with Crippen molar-refractivity contribution in [2.45, 2.75) is 50.7 Å². The van der Waals surface area contributed by atoms with Gasteiger partial charge in [-0.25, -0.2) is 10.9 Å². The van der Waals surface area contributed by atoms with E-state index in [0.717, 1.165) is 30.3 Å². The normalized spacial score (nSPS) is 29.6. The first-order chi connectivity index (χ1) is 10.1. The summed E-state index contributed by atoms with van der Waals surface area (Å²) < 4.78 is 1.08. The summed E-state index contributed by atoms with van der Waals surface area (Å²) >= 11 is 3.45. The average Bonchev–Trinajstić information content (AvgIpc) is 2.98. The molecule has 2 aliphatic rings. The van der Waals surface area contributed by atoms with Gasteiger partial charge in [0.15, 0.2) is 0 Å². The highest BCUT2D eigenvalue weighted by Crippen LogP contribution is 2.26. The van der Waals surface area contributed by atoms with E-state index < -0.39 is 0 Å². The van der Waals surface area contributed by atoms with Gasteiger partial charge in [0.05, 0.1) is 0 Å². The molecule has 0 spiro atoms. The smallest absolute Gasteiger partial charge is 0.241 e. The van der Waals surface area contributed by atoms with Gasteiger partial charge in [0.2, 0.25) is 5.91 Å². The molecule has 4 nitrogen and oxygen atoms in total. The van der Waals surface area contributed by atoms with E-state index in [1.165, 1.54) is 12.0 Å². The second-order valence-corrected chi connectivity index (χ2v) is 6.97. The van der Waals surface area contributed by atoms with Crippen LogP contribution in [-0.4, -0.2) is 29.4 Å². The van der Waals surface area contributed by atoms with Crippen LogP contribution in [0.4, 0.5) is 0 Å². The van der Waals surface area contributed by atoms with Gasteiger partial charge in [0.25, 0.3) is 0 Å². The zero-order chi connectivity index (χ0) is 14.8. The van der Waals surface area contributed by atoms with Gasteiger partial charge in [-0.1, -0.05) is 28.1 Å². The largest absolute Gasteiger partial charge is 0.339 e. The SMILES string of the molecule is CC1CCCCN1C(=O)C1CC(c2ccc(Br)cc2)NN1. The van der Waals surface area contributed by atoms with E-state index in [1.807, 2.05) is 17.0 Å². The van der Waals surface area contributed by atoms with E-state index in [2.05, 4.69) is 45.8 Å². The number of benzene rings is 1. The van der Waals surface area contributed by atoms with Crippen molar-refractivity contribution in [1.82, 2.24) is 15.8 Å². The fraction of sp³-hybridized carbons (Fsp3) is 0.562. The lowest BCUT2D eigenvalue weighted by Crippen LogP contribution is -2.50. The van der Waals surface area contributed by atoms with E-state index in [4.69, 9.17) is 0 Å². The highest BCUT2D eigenvalue weighted by atomic mass is 79.9. The number of hydrogen-bond acceptors (Lipinski definition) is 3. The first-order valence-corrected chi connectivity index (χ1v) is 8.51. The molecule has 5 heteroatoms. The molecule has 1 aromatic carbocycles. The molecule has 0 radical (unpaired) electrons.